The van der Waals surface area contributed by atoms with Gasteiger partial charge in [-0.25, -0.2) is 9.48 Å². The highest BCUT2D eigenvalue weighted by atomic mass is 16.6. The number of hydrogen-bond donors (Lipinski definition) is 0. The predicted molar refractivity (Wildman–Crippen MR) is 97.0 cm³/mol. The molecule has 2 atom stereocenters. The van der Waals surface area contributed by atoms with Crippen LogP contribution in [0.3, 0.4) is 0 Å². The van der Waals surface area contributed by atoms with Crippen molar-refractivity contribution >= 4 is 5.97 Å². The van der Waals surface area contributed by atoms with Crippen LogP contribution in [0.2, 0.25) is 0 Å². The summed E-state index contributed by atoms with van der Waals surface area (Å²) in [6, 6.07) is 19.2. The van der Waals surface area contributed by atoms with Crippen LogP contribution in [-0.4, -0.2) is 27.6 Å². The molecule has 0 N–H and O–H groups in total. The van der Waals surface area contributed by atoms with Crippen LogP contribution in [0, 0.1) is 0 Å². The van der Waals surface area contributed by atoms with E-state index in [1.165, 1.54) is 0 Å². The Kier molecular flexibility index (Phi) is 3.79. The fraction of sp³-hybridized carbons (Fsp3) is 0.286. The highest BCUT2D eigenvalue weighted by Gasteiger charge is 2.55. The summed E-state index contributed by atoms with van der Waals surface area (Å²) < 4.78 is 13.5. The summed E-state index contributed by atoms with van der Waals surface area (Å²) in [5, 5.41) is 8.73. The van der Waals surface area contributed by atoms with Crippen molar-refractivity contribution in [3.8, 4) is 0 Å². The minimum Gasteiger partial charge on any atom is -0.452 e. The van der Waals surface area contributed by atoms with Gasteiger partial charge in [0.15, 0.2) is 0 Å². The molecule has 0 saturated carbocycles. The third kappa shape index (κ3) is 2.92. The van der Waals surface area contributed by atoms with Crippen molar-refractivity contribution in [2.24, 2.45) is 0 Å². The molecule has 27 heavy (non-hydrogen) atoms. The third-order valence-electron chi connectivity index (χ3n) is 5.23. The lowest BCUT2D eigenvalue weighted by molar-refractivity contribution is 0.0202. The molecule has 0 bridgehead atoms. The molecule has 2 aromatic carbocycles. The number of ether oxygens (including phenoxy) is 2. The Morgan fingerprint density at radius 1 is 1.15 bits per heavy atom. The van der Waals surface area contributed by atoms with Crippen LogP contribution >= 0.6 is 0 Å². The van der Waals surface area contributed by atoms with Gasteiger partial charge in [-0.05, 0) is 30.5 Å². The van der Waals surface area contributed by atoms with Crippen molar-refractivity contribution in [1.29, 1.82) is 0 Å². The molecule has 1 aliphatic carbocycles. The first kappa shape index (κ1) is 16.2. The summed E-state index contributed by atoms with van der Waals surface area (Å²) in [4.78, 5) is 12.5. The maximum absolute atomic E-state index is 12.5. The maximum atomic E-state index is 12.5. The molecule has 2 aliphatic rings. The van der Waals surface area contributed by atoms with E-state index in [2.05, 4.69) is 22.4 Å². The van der Waals surface area contributed by atoms with E-state index in [1.54, 1.807) is 12.1 Å². The fourth-order valence-corrected chi connectivity index (χ4v) is 3.75. The largest absolute Gasteiger partial charge is 0.452 e. The standard InChI is InChI=1S/C21H19N3O3/c25-20(16-9-5-2-6-10-16)27-17-11-12-21(14-26-21)19-18(17)22-23-24(19)13-15-7-3-1-4-8-15/h1-10,17H,11-14H2. The van der Waals surface area contributed by atoms with Crippen LogP contribution in [0.4, 0.5) is 0 Å². The van der Waals surface area contributed by atoms with Crippen molar-refractivity contribution in [3.05, 3.63) is 83.2 Å². The lowest BCUT2D eigenvalue weighted by Crippen LogP contribution is -2.27. The Labute approximate surface area is 156 Å². The molecule has 1 aromatic heterocycles. The maximum Gasteiger partial charge on any atom is 0.338 e. The molecule has 2 unspecified atom stereocenters. The molecule has 0 radical (unpaired) electrons. The van der Waals surface area contributed by atoms with Gasteiger partial charge in [-0.1, -0.05) is 53.7 Å². The van der Waals surface area contributed by atoms with Gasteiger partial charge in [0.05, 0.1) is 18.7 Å². The van der Waals surface area contributed by atoms with Gasteiger partial charge >= 0.3 is 5.97 Å². The molecule has 0 amide bonds. The van der Waals surface area contributed by atoms with Gasteiger partial charge in [0.2, 0.25) is 0 Å². The summed E-state index contributed by atoms with van der Waals surface area (Å²) in [5.41, 5.74) is 3.04. The molecule has 2 heterocycles. The van der Waals surface area contributed by atoms with E-state index >= 15 is 0 Å². The van der Waals surface area contributed by atoms with Crippen molar-refractivity contribution in [1.82, 2.24) is 15.0 Å². The SMILES string of the molecule is O=C(OC1CCC2(CO2)c2c1nnn2Cc1ccccc1)c1ccccc1. The minimum absolute atomic E-state index is 0.316. The zero-order valence-electron chi connectivity index (χ0n) is 14.7. The molecule has 1 saturated heterocycles. The first-order valence-corrected chi connectivity index (χ1v) is 9.13. The van der Waals surface area contributed by atoms with Gasteiger partial charge in [-0.15, -0.1) is 5.10 Å². The van der Waals surface area contributed by atoms with Crippen molar-refractivity contribution < 1.29 is 14.3 Å². The number of fused-ring (bicyclic) bond motifs is 2. The second-order valence-electron chi connectivity index (χ2n) is 7.05. The predicted octanol–water partition coefficient (Wildman–Crippen LogP) is 3.24. The van der Waals surface area contributed by atoms with Gasteiger partial charge in [-0.3, -0.25) is 0 Å². The zero-order chi connectivity index (χ0) is 18.3. The fourth-order valence-electron chi connectivity index (χ4n) is 3.75. The molecule has 5 rings (SSSR count). The Morgan fingerprint density at radius 3 is 2.56 bits per heavy atom. The summed E-state index contributed by atoms with van der Waals surface area (Å²) in [7, 11) is 0. The summed E-state index contributed by atoms with van der Waals surface area (Å²) in [6.07, 6.45) is 1.09. The van der Waals surface area contributed by atoms with Gasteiger partial charge in [0.25, 0.3) is 0 Å². The number of esters is 1. The van der Waals surface area contributed by atoms with E-state index in [0.717, 1.165) is 23.4 Å². The molecular weight excluding hydrogens is 342 g/mol. The minimum atomic E-state index is -0.396. The highest BCUT2D eigenvalue weighted by molar-refractivity contribution is 5.89. The number of nitrogens with zero attached hydrogens (tertiary/aromatic N) is 3. The first-order chi connectivity index (χ1) is 13.3. The Balaban J connectivity index is 1.44. The molecule has 136 valence electrons. The van der Waals surface area contributed by atoms with Crippen LogP contribution in [-0.2, 0) is 21.6 Å². The summed E-state index contributed by atoms with van der Waals surface area (Å²) in [5.74, 6) is -0.336. The first-order valence-electron chi connectivity index (χ1n) is 9.13. The van der Waals surface area contributed by atoms with E-state index in [-0.39, 0.29) is 11.6 Å². The average Bonchev–Trinajstić information content (AvgIpc) is 3.36. The Bertz CT molecular complexity index is 965. The Hall–Kier alpha value is -2.99. The van der Waals surface area contributed by atoms with E-state index in [4.69, 9.17) is 9.47 Å². The lowest BCUT2D eigenvalue weighted by Gasteiger charge is -2.26. The van der Waals surface area contributed by atoms with Crippen molar-refractivity contribution in [3.63, 3.8) is 0 Å². The molecule has 1 fully saturated rings. The van der Waals surface area contributed by atoms with Crippen LogP contribution < -0.4 is 0 Å². The van der Waals surface area contributed by atoms with Crippen LogP contribution in [0.25, 0.3) is 0 Å². The lowest BCUT2D eigenvalue weighted by atomic mass is 9.88. The Morgan fingerprint density at radius 2 is 1.85 bits per heavy atom. The normalized spacial score (nSPS) is 23.0. The highest BCUT2D eigenvalue weighted by Crippen LogP contribution is 2.51. The van der Waals surface area contributed by atoms with Gasteiger partial charge in [0, 0.05) is 0 Å². The van der Waals surface area contributed by atoms with E-state index in [9.17, 15) is 4.79 Å². The van der Waals surface area contributed by atoms with Crippen molar-refractivity contribution in [2.75, 3.05) is 6.61 Å². The third-order valence-corrected chi connectivity index (χ3v) is 5.23. The quantitative estimate of drug-likeness (QED) is 0.527. The number of rotatable bonds is 4. The summed E-state index contributed by atoms with van der Waals surface area (Å²) >= 11 is 0. The number of aromatic nitrogens is 3. The van der Waals surface area contributed by atoms with E-state index < -0.39 is 6.10 Å². The van der Waals surface area contributed by atoms with Crippen molar-refractivity contribution in [2.45, 2.75) is 31.1 Å². The topological polar surface area (TPSA) is 69.5 Å². The van der Waals surface area contributed by atoms with Gasteiger partial charge in [-0.2, -0.15) is 0 Å². The van der Waals surface area contributed by atoms with Gasteiger partial charge < -0.3 is 9.47 Å². The second-order valence-corrected chi connectivity index (χ2v) is 7.05. The number of carbonyl (C=O) groups is 1. The smallest absolute Gasteiger partial charge is 0.338 e. The number of carbonyl (C=O) groups excluding carboxylic acids is 1. The number of benzene rings is 2. The molecular formula is C21H19N3O3. The molecule has 6 heteroatoms. The van der Waals surface area contributed by atoms with Crippen LogP contribution in [0.15, 0.2) is 60.7 Å². The molecule has 1 spiro atoms. The monoisotopic (exact) mass is 361 g/mol. The molecule has 6 nitrogen and oxygen atoms in total. The van der Waals surface area contributed by atoms with Gasteiger partial charge in [0.1, 0.15) is 23.1 Å². The van der Waals surface area contributed by atoms with Crippen LogP contribution in [0.5, 0.6) is 0 Å². The van der Waals surface area contributed by atoms with E-state index in [1.807, 2.05) is 41.1 Å². The number of hydrogen-bond acceptors (Lipinski definition) is 5. The van der Waals surface area contributed by atoms with E-state index in [0.29, 0.717) is 25.1 Å². The zero-order valence-corrected chi connectivity index (χ0v) is 14.7. The summed E-state index contributed by atoms with van der Waals surface area (Å²) in [6.45, 7) is 1.29. The number of epoxide rings is 1. The molecule has 3 aromatic rings. The average molecular weight is 361 g/mol. The second kappa shape index (κ2) is 6.32. The van der Waals surface area contributed by atoms with Crippen LogP contribution in [0.1, 0.15) is 46.3 Å². The molecule has 1 aliphatic heterocycles.